The van der Waals surface area contributed by atoms with E-state index in [2.05, 4.69) is 4.57 Å². The summed E-state index contributed by atoms with van der Waals surface area (Å²) in [6.45, 7) is 6.13. The van der Waals surface area contributed by atoms with E-state index in [1.165, 1.54) is 0 Å². The minimum atomic E-state index is -0.333. The fraction of sp³-hybridized carbons (Fsp3) is 0.167. The van der Waals surface area contributed by atoms with Crippen LogP contribution in [0.5, 0.6) is 0 Å². The van der Waals surface area contributed by atoms with Gasteiger partial charge in [0.15, 0.2) is 5.78 Å². The first kappa shape index (κ1) is 19.4. The van der Waals surface area contributed by atoms with Crippen molar-refractivity contribution in [2.24, 2.45) is 0 Å². The lowest BCUT2D eigenvalue weighted by Gasteiger charge is -2.11. The summed E-state index contributed by atoms with van der Waals surface area (Å²) in [7, 11) is 0. The molecule has 2 aromatic carbocycles. The molecule has 0 aliphatic rings. The topological polar surface area (TPSA) is 48.3 Å². The number of hydrogen-bond acceptors (Lipinski definition) is 3. The molecular weight excluding hydrogens is 350 g/mol. The van der Waals surface area contributed by atoms with Crippen LogP contribution in [0.3, 0.4) is 0 Å². The van der Waals surface area contributed by atoms with Crippen LogP contribution in [0.25, 0.3) is 11.8 Å². The van der Waals surface area contributed by atoms with Gasteiger partial charge < -0.3 is 9.30 Å². The highest BCUT2D eigenvalue weighted by Crippen LogP contribution is 2.23. The molecule has 0 aliphatic heterocycles. The molecule has 0 saturated heterocycles. The molecule has 0 atom stereocenters. The zero-order valence-corrected chi connectivity index (χ0v) is 16.3. The lowest BCUT2D eigenvalue weighted by molar-refractivity contribution is 0.0526. The molecule has 28 heavy (non-hydrogen) atoms. The van der Waals surface area contributed by atoms with Gasteiger partial charge in [-0.1, -0.05) is 36.4 Å². The maximum atomic E-state index is 12.3. The van der Waals surface area contributed by atoms with Crippen LogP contribution in [-0.4, -0.2) is 22.9 Å². The second kappa shape index (κ2) is 8.53. The van der Waals surface area contributed by atoms with Crippen LogP contribution in [-0.2, 0) is 4.74 Å². The van der Waals surface area contributed by atoms with Gasteiger partial charge in [-0.3, -0.25) is 4.79 Å². The molecule has 1 heterocycles. The summed E-state index contributed by atoms with van der Waals surface area (Å²) < 4.78 is 7.16. The highest BCUT2D eigenvalue weighted by Gasteiger charge is 2.12. The minimum Gasteiger partial charge on any atom is -0.462 e. The molecule has 3 rings (SSSR count). The molecule has 0 unspecified atom stereocenters. The monoisotopic (exact) mass is 373 g/mol. The van der Waals surface area contributed by atoms with Gasteiger partial charge in [-0.2, -0.15) is 0 Å². The van der Waals surface area contributed by atoms with Gasteiger partial charge in [0.05, 0.1) is 12.2 Å². The number of ether oxygens (including phenoxy) is 1. The van der Waals surface area contributed by atoms with E-state index in [0.717, 1.165) is 22.6 Å². The maximum absolute atomic E-state index is 12.3. The van der Waals surface area contributed by atoms with E-state index in [0.29, 0.717) is 17.7 Å². The summed E-state index contributed by atoms with van der Waals surface area (Å²) in [4.78, 5) is 24.4. The third-order valence-electron chi connectivity index (χ3n) is 4.56. The first-order valence-electron chi connectivity index (χ1n) is 9.25. The van der Waals surface area contributed by atoms with Crippen molar-refractivity contribution in [3.63, 3.8) is 0 Å². The highest BCUT2D eigenvalue weighted by atomic mass is 16.5. The summed E-state index contributed by atoms with van der Waals surface area (Å²) in [6, 6.07) is 18.6. The number of allylic oxidation sites excluding steroid dienone is 1. The predicted molar refractivity (Wildman–Crippen MR) is 111 cm³/mol. The molecule has 0 bridgehead atoms. The van der Waals surface area contributed by atoms with E-state index in [-0.39, 0.29) is 11.8 Å². The van der Waals surface area contributed by atoms with Crippen LogP contribution >= 0.6 is 0 Å². The zero-order chi connectivity index (χ0) is 20.1. The average Bonchev–Trinajstić information content (AvgIpc) is 3.00. The Bertz CT molecular complexity index is 1030. The van der Waals surface area contributed by atoms with Gasteiger partial charge in [-0.25, -0.2) is 4.79 Å². The third kappa shape index (κ3) is 4.12. The predicted octanol–water partition coefficient (Wildman–Crippen LogP) is 5.17. The van der Waals surface area contributed by atoms with Crippen LogP contribution in [0, 0.1) is 13.8 Å². The Kier molecular flexibility index (Phi) is 5.90. The van der Waals surface area contributed by atoms with Crippen molar-refractivity contribution in [3.8, 4) is 5.69 Å². The van der Waals surface area contributed by atoms with Crippen LogP contribution in [0.2, 0.25) is 0 Å². The number of ketones is 1. The van der Waals surface area contributed by atoms with Gasteiger partial charge in [0.2, 0.25) is 0 Å². The molecule has 142 valence electrons. The summed E-state index contributed by atoms with van der Waals surface area (Å²) >= 11 is 0. The molecule has 0 aliphatic carbocycles. The Labute approximate surface area is 165 Å². The van der Waals surface area contributed by atoms with Crippen LogP contribution in [0.1, 0.15) is 44.6 Å². The van der Waals surface area contributed by atoms with Crippen molar-refractivity contribution in [1.82, 2.24) is 4.57 Å². The number of aryl methyl sites for hydroxylation is 1. The number of carbonyl (C=O) groups excluding carboxylic acids is 2. The van der Waals surface area contributed by atoms with Crippen molar-refractivity contribution < 1.29 is 14.3 Å². The number of esters is 1. The van der Waals surface area contributed by atoms with E-state index < -0.39 is 0 Å². The van der Waals surface area contributed by atoms with Crippen molar-refractivity contribution in [2.45, 2.75) is 20.8 Å². The van der Waals surface area contributed by atoms with Gasteiger partial charge >= 0.3 is 5.97 Å². The van der Waals surface area contributed by atoms with Crippen LogP contribution < -0.4 is 0 Å². The standard InChI is InChI=1S/C24H23NO3/c1-4-28-24(27)21-11-8-12-22(16-21)25-17(2)15-20(18(25)3)13-14-23(26)19-9-6-5-7-10-19/h5-16H,4H2,1-3H3/b14-13+. The summed E-state index contributed by atoms with van der Waals surface area (Å²) in [5.74, 6) is -0.366. The molecule has 0 amide bonds. The highest BCUT2D eigenvalue weighted by molar-refractivity contribution is 6.06. The van der Waals surface area contributed by atoms with E-state index in [1.807, 2.05) is 62.4 Å². The number of nitrogens with zero attached hydrogens (tertiary/aromatic N) is 1. The molecular formula is C24H23NO3. The number of rotatable bonds is 6. The number of aromatic nitrogens is 1. The lowest BCUT2D eigenvalue weighted by Crippen LogP contribution is -2.06. The Morgan fingerprint density at radius 2 is 1.68 bits per heavy atom. The Hall–Kier alpha value is -3.40. The quantitative estimate of drug-likeness (QED) is 0.340. The normalized spacial score (nSPS) is 11.0. The summed E-state index contributed by atoms with van der Waals surface area (Å²) in [5, 5.41) is 0. The molecule has 4 heteroatoms. The second-order valence-corrected chi connectivity index (χ2v) is 6.50. The maximum Gasteiger partial charge on any atom is 0.338 e. The Balaban J connectivity index is 1.90. The summed E-state index contributed by atoms with van der Waals surface area (Å²) in [5.41, 5.74) is 5.04. The first-order chi connectivity index (χ1) is 13.5. The Morgan fingerprint density at radius 1 is 0.964 bits per heavy atom. The van der Waals surface area contributed by atoms with Crippen molar-refractivity contribution in [1.29, 1.82) is 0 Å². The van der Waals surface area contributed by atoms with E-state index in [1.54, 1.807) is 31.2 Å². The molecule has 3 aromatic rings. The largest absolute Gasteiger partial charge is 0.462 e. The van der Waals surface area contributed by atoms with E-state index in [4.69, 9.17) is 4.74 Å². The van der Waals surface area contributed by atoms with E-state index in [9.17, 15) is 9.59 Å². The molecule has 0 fully saturated rings. The van der Waals surface area contributed by atoms with Crippen molar-refractivity contribution >= 4 is 17.8 Å². The van der Waals surface area contributed by atoms with Crippen molar-refractivity contribution in [2.75, 3.05) is 6.61 Å². The molecule has 0 radical (unpaired) electrons. The molecule has 0 saturated carbocycles. The number of carbonyl (C=O) groups is 2. The molecule has 0 N–H and O–H groups in total. The van der Waals surface area contributed by atoms with Gasteiger partial charge in [0.1, 0.15) is 0 Å². The first-order valence-corrected chi connectivity index (χ1v) is 9.25. The summed E-state index contributed by atoms with van der Waals surface area (Å²) in [6.07, 6.45) is 3.43. The van der Waals surface area contributed by atoms with Gasteiger partial charge in [-0.05, 0) is 62.8 Å². The smallest absolute Gasteiger partial charge is 0.338 e. The fourth-order valence-corrected chi connectivity index (χ4v) is 3.20. The molecule has 4 nitrogen and oxygen atoms in total. The zero-order valence-electron chi connectivity index (χ0n) is 16.3. The molecule has 1 aromatic heterocycles. The van der Waals surface area contributed by atoms with E-state index >= 15 is 0 Å². The second-order valence-electron chi connectivity index (χ2n) is 6.50. The number of hydrogen-bond donors (Lipinski definition) is 0. The van der Waals surface area contributed by atoms with Gasteiger partial charge in [-0.15, -0.1) is 0 Å². The Morgan fingerprint density at radius 3 is 2.39 bits per heavy atom. The lowest BCUT2D eigenvalue weighted by atomic mass is 10.1. The molecule has 0 spiro atoms. The SMILES string of the molecule is CCOC(=O)c1cccc(-n2c(C)cc(/C=C/C(=O)c3ccccc3)c2C)c1. The third-order valence-corrected chi connectivity index (χ3v) is 4.56. The minimum absolute atomic E-state index is 0.0327. The van der Waals surface area contributed by atoms with Gasteiger partial charge in [0.25, 0.3) is 0 Å². The number of benzene rings is 2. The van der Waals surface area contributed by atoms with Crippen LogP contribution in [0.15, 0.2) is 66.7 Å². The van der Waals surface area contributed by atoms with Crippen molar-refractivity contribution in [3.05, 3.63) is 94.8 Å². The van der Waals surface area contributed by atoms with Gasteiger partial charge in [0, 0.05) is 22.6 Å². The average molecular weight is 373 g/mol. The fourth-order valence-electron chi connectivity index (χ4n) is 3.20. The van der Waals surface area contributed by atoms with Crippen LogP contribution in [0.4, 0.5) is 0 Å².